The molecule has 2 aromatic carbocycles. The minimum atomic E-state index is -5.08. The van der Waals surface area contributed by atoms with Gasteiger partial charge in [0.15, 0.2) is 0 Å². The van der Waals surface area contributed by atoms with Gasteiger partial charge in [0, 0.05) is 5.56 Å². The van der Waals surface area contributed by atoms with Gasteiger partial charge in [0.2, 0.25) is 5.91 Å². The van der Waals surface area contributed by atoms with Gasteiger partial charge >= 0.3 is 12.1 Å². The summed E-state index contributed by atoms with van der Waals surface area (Å²) in [6.07, 6.45) is -0.112. The smallest absolute Gasteiger partial charge is 0.475 e. The molecule has 2 rings (SSSR count). The summed E-state index contributed by atoms with van der Waals surface area (Å²) in [4.78, 5) is 20.2. The van der Waals surface area contributed by atoms with Gasteiger partial charge in [-0.2, -0.15) is 13.2 Å². The number of carboxylic acids is 1. The molecule has 0 radical (unpaired) electrons. The Morgan fingerprint density at radius 3 is 2.20 bits per heavy atom. The van der Waals surface area contributed by atoms with Crippen molar-refractivity contribution in [2.45, 2.75) is 52.6 Å². The number of carbonyl (C=O) groups excluding carboxylic acids is 1. The molecular weight excluding hydrogens is 395 g/mol. The summed E-state index contributed by atoms with van der Waals surface area (Å²) in [7, 11) is 0. The highest BCUT2D eigenvalue weighted by Gasteiger charge is 2.38. The van der Waals surface area contributed by atoms with Gasteiger partial charge in [0.1, 0.15) is 0 Å². The van der Waals surface area contributed by atoms with Crippen molar-refractivity contribution in [3.63, 3.8) is 0 Å². The fourth-order valence-corrected chi connectivity index (χ4v) is 2.93. The van der Waals surface area contributed by atoms with E-state index in [-0.39, 0.29) is 5.91 Å². The molecule has 7 heteroatoms. The lowest BCUT2D eigenvalue weighted by molar-refractivity contribution is -0.192. The second-order valence-electron chi connectivity index (χ2n) is 7.54. The maximum Gasteiger partial charge on any atom is 0.490 e. The largest absolute Gasteiger partial charge is 0.490 e. The summed E-state index contributed by atoms with van der Waals surface area (Å²) in [5.74, 6) is -2.35. The number of carboxylic acid groups (broad SMARTS) is 1. The Hall–Kier alpha value is -2.83. The number of benzene rings is 2. The highest BCUT2D eigenvalue weighted by atomic mass is 19.4. The van der Waals surface area contributed by atoms with Crippen LogP contribution >= 0.6 is 0 Å². The van der Waals surface area contributed by atoms with Crippen LogP contribution in [-0.4, -0.2) is 23.2 Å². The molecule has 164 valence electrons. The number of hydrogen-bond acceptors (Lipinski definition) is 2. The third-order valence-corrected chi connectivity index (χ3v) is 4.49. The summed E-state index contributed by atoms with van der Waals surface area (Å²) in [6.45, 7) is 6.68. The standard InChI is InChI=1S/C21H27NO.C2HF3O2/c1-15(2)7-4-5-8-17-11-12-20(16(3)13-17)18-9-6-10-19(14-18)21(22)23;3-2(4,5)1(6)7/h6,9-15H,4-5,7-8H2,1-3H3,(H2,22,23);(H,6,7). The van der Waals surface area contributed by atoms with Crippen LogP contribution < -0.4 is 5.73 Å². The van der Waals surface area contributed by atoms with Crippen molar-refractivity contribution in [1.82, 2.24) is 0 Å². The zero-order valence-electron chi connectivity index (χ0n) is 17.4. The van der Waals surface area contributed by atoms with E-state index in [2.05, 4.69) is 39.0 Å². The van der Waals surface area contributed by atoms with Gasteiger partial charge in [-0.3, -0.25) is 4.79 Å². The summed E-state index contributed by atoms with van der Waals surface area (Å²) in [5, 5.41) is 7.12. The number of halogens is 3. The maximum absolute atomic E-state index is 11.3. The molecule has 0 saturated carbocycles. The first-order valence-electron chi connectivity index (χ1n) is 9.71. The van der Waals surface area contributed by atoms with Crippen molar-refractivity contribution >= 4 is 11.9 Å². The number of aryl methyl sites for hydroxylation is 2. The van der Waals surface area contributed by atoms with Crippen LogP contribution in [0.1, 0.15) is 54.6 Å². The molecule has 0 aromatic heterocycles. The Balaban J connectivity index is 0.000000553. The van der Waals surface area contributed by atoms with Crippen molar-refractivity contribution in [3.8, 4) is 11.1 Å². The molecule has 0 spiro atoms. The number of unbranched alkanes of at least 4 members (excludes halogenated alkanes) is 1. The zero-order valence-corrected chi connectivity index (χ0v) is 17.4. The van der Waals surface area contributed by atoms with Crippen molar-refractivity contribution < 1.29 is 27.9 Å². The van der Waals surface area contributed by atoms with E-state index in [1.807, 2.05) is 18.2 Å². The van der Waals surface area contributed by atoms with Crippen LogP contribution in [0.4, 0.5) is 13.2 Å². The van der Waals surface area contributed by atoms with Crippen LogP contribution in [0.2, 0.25) is 0 Å². The second kappa shape index (κ2) is 11.4. The lowest BCUT2D eigenvalue weighted by Gasteiger charge is -2.10. The van der Waals surface area contributed by atoms with Crippen molar-refractivity contribution in [1.29, 1.82) is 0 Å². The molecular formula is C23H28F3NO3. The van der Waals surface area contributed by atoms with Gasteiger partial charge in [-0.05, 0) is 60.1 Å². The highest BCUT2D eigenvalue weighted by molar-refractivity contribution is 5.94. The van der Waals surface area contributed by atoms with Crippen LogP contribution in [0, 0.1) is 12.8 Å². The SMILES string of the molecule is Cc1cc(CCCCC(C)C)ccc1-c1cccc(C(N)=O)c1.O=C(O)C(F)(F)F. The zero-order chi connectivity index (χ0) is 22.9. The number of amides is 1. The number of aliphatic carboxylic acids is 1. The molecule has 0 aliphatic rings. The predicted octanol–water partition coefficient (Wildman–Crippen LogP) is 5.76. The van der Waals surface area contributed by atoms with E-state index in [9.17, 15) is 18.0 Å². The fraction of sp³-hybridized carbons (Fsp3) is 0.391. The van der Waals surface area contributed by atoms with Crippen LogP contribution in [0.3, 0.4) is 0 Å². The molecule has 0 heterocycles. The van der Waals surface area contributed by atoms with Gasteiger partial charge in [0.05, 0.1) is 0 Å². The summed E-state index contributed by atoms with van der Waals surface area (Å²) in [5.41, 5.74) is 10.8. The maximum atomic E-state index is 11.3. The van der Waals surface area contributed by atoms with E-state index >= 15 is 0 Å². The summed E-state index contributed by atoms with van der Waals surface area (Å²) >= 11 is 0. The van der Waals surface area contributed by atoms with Crippen LogP contribution in [0.25, 0.3) is 11.1 Å². The van der Waals surface area contributed by atoms with Gasteiger partial charge in [-0.15, -0.1) is 0 Å². The van der Waals surface area contributed by atoms with Gasteiger partial charge in [-0.25, -0.2) is 4.79 Å². The fourth-order valence-electron chi connectivity index (χ4n) is 2.93. The molecule has 0 saturated heterocycles. The van der Waals surface area contributed by atoms with Gasteiger partial charge < -0.3 is 10.8 Å². The van der Waals surface area contributed by atoms with E-state index in [1.54, 1.807) is 6.07 Å². The van der Waals surface area contributed by atoms with Crippen molar-refractivity contribution in [2.75, 3.05) is 0 Å². The van der Waals surface area contributed by atoms with E-state index in [0.717, 1.165) is 17.9 Å². The number of nitrogens with two attached hydrogens (primary N) is 1. The Kier molecular flexibility index (Phi) is 9.56. The Morgan fingerprint density at radius 2 is 1.70 bits per heavy atom. The monoisotopic (exact) mass is 423 g/mol. The van der Waals surface area contributed by atoms with Crippen molar-refractivity contribution in [2.24, 2.45) is 11.7 Å². The molecule has 0 aliphatic carbocycles. The molecule has 3 N–H and O–H groups in total. The normalized spacial score (nSPS) is 11.0. The summed E-state index contributed by atoms with van der Waals surface area (Å²) in [6, 6.07) is 14.2. The third-order valence-electron chi connectivity index (χ3n) is 4.49. The highest BCUT2D eigenvalue weighted by Crippen LogP contribution is 2.26. The lowest BCUT2D eigenvalue weighted by Crippen LogP contribution is -2.21. The van der Waals surface area contributed by atoms with E-state index in [1.165, 1.54) is 36.0 Å². The van der Waals surface area contributed by atoms with Gasteiger partial charge in [0.25, 0.3) is 0 Å². The molecule has 0 fully saturated rings. The molecule has 0 atom stereocenters. The number of carbonyl (C=O) groups is 2. The van der Waals surface area contributed by atoms with E-state index in [4.69, 9.17) is 15.6 Å². The van der Waals surface area contributed by atoms with Crippen LogP contribution in [0.15, 0.2) is 42.5 Å². The molecule has 0 unspecified atom stereocenters. The average molecular weight is 423 g/mol. The molecule has 4 nitrogen and oxygen atoms in total. The third kappa shape index (κ3) is 8.68. The Bertz CT molecular complexity index is 861. The quantitative estimate of drug-likeness (QED) is 0.555. The average Bonchev–Trinajstić information content (AvgIpc) is 2.65. The molecule has 30 heavy (non-hydrogen) atoms. The lowest BCUT2D eigenvalue weighted by atomic mass is 9.95. The summed E-state index contributed by atoms with van der Waals surface area (Å²) < 4.78 is 31.7. The second-order valence-corrected chi connectivity index (χ2v) is 7.54. The number of primary amides is 1. The Labute approximate surface area is 174 Å². The molecule has 0 bridgehead atoms. The minimum absolute atomic E-state index is 0.383. The van der Waals surface area contributed by atoms with Crippen molar-refractivity contribution in [3.05, 3.63) is 59.2 Å². The van der Waals surface area contributed by atoms with E-state index < -0.39 is 12.1 Å². The number of hydrogen-bond donors (Lipinski definition) is 2. The molecule has 1 amide bonds. The number of alkyl halides is 3. The van der Waals surface area contributed by atoms with Gasteiger partial charge in [-0.1, -0.05) is 57.0 Å². The predicted molar refractivity (Wildman–Crippen MR) is 111 cm³/mol. The molecule has 2 aromatic rings. The van der Waals surface area contributed by atoms with Crippen LogP contribution in [-0.2, 0) is 11.2 Å². The number of rotatable bonds is 7. The first-order chi connectivity index (χ1) is 13.9. The van der Waals surface area contributed by atoms with E-state index in [0.29, 0.717) is 5.56 Å². The van der Waals surface area contributed by atoms with Crippen LogP contribution in [0.5, 0.6) is 0 Å². The topological polar surface area (TPSA) is 80.4 Å². The minimum Gasteiger partial charge on any atom is -0.475 e. The first-order valence-corrected chi connectivity index (χ1v) is 9.71. The Morgan fingerprint density at radius 1 is 1.07 bits per heavy atom. The first kappa shape index (κ1) is 25.2. The molecule has 0 aliphatic heterocycles.